The standard InChI is InChI=1S/C40H81NO3/c1-3-5-7-8-9-10-11-12-13-14-15-16-17-18-19-20-21-22-23-24-25-26-27-28-29-30-31-32-33-34-35-39(43)38(37-42)41-40(44)36-6-4-2/h38-39,42-43H,3-37H2,1-2H3,(H,41,44). The summed E-state index contributed by atoms with van der Waals surface area (Å²) in [5.41, 5.74) is 0. The number of unbranched alkanes of at least 4 members (excludes halogenated alkanes) is 30. The summed E-state index contributed by atoms with van der Waals surface area (Å²) in [5, 5.41) is 22.6. The number of hydrogen-bond acceptors (Lipinski definition) is 3. The highest BCUT2D eigenvalue weighted by Gasteiger charge is 2.19. The number of rotatable bonds is 37. The molecule has 4 nitrogen and oxygen atoms in total. The van der Waals surface area contributed by atoms with Gasteiger partial charge >= 0.3 is 0 Å². The lowest BCUT2D eigenvalue weighted by molar-refractivity contribution is -0.123. The van der Waals surface area contributed by atoms with Gasteiger partial charge in [0.25, 0.3) is 0 Å². The van der Waals surface area contributed by atoms with Crippen molar-refractivity contribution >= 4 is 5.91 Å². The van der Waals surface area contributed by atoms with Gasteiger partial charge in [-0.15, -0.1) is 0 Å². The molecule has 44 heavy (non-hydrogen) atoms. The molecule has 264 valence electrons. The van der Waals surface area contributed by atoms with E-state index in [0.29, 0.717) is 12.8 Å². The Hall–Kier alpha value is -0.610. The van der Waals surface area contributed by atoms with Crippen molar-refractivity contribution in [1.82, 2.24) is 5.32 Å². The maximum Gasteiger partial charge on any atom is 0.220 e. The largest absolute Gasteiger partial charge is 0.394 e. The number of amides is 1. The molecule has 2 atom stereocenters. The van der Waals surface area contributed by atoms with Crippen LogP contribution in [0.1, 0.15) is 232 Å². The van der Waals surface area contributed by atoms with E-state index < -0.39 is 12.1 Å². The van der Waals surface area contributed by atoms with Crippen LogP contribution < -0.4 is 5.32 Å². The third-order valence-corrected chi connectivity index (χ3v) is 9.62. The fourth-order valence-electron chi connectivity index (χ4n) is 6.46. The second-order valence-corrected chi connectivity index (χ2v) is 14.1. The molecule has 0 saturated carbocycles. The quantitative estimate of drug-likeness (QED) is 0.0603. The highest BCUT2D eigenvalue weighted by Crippen LogP contribution is 2.17. The van der Waals surface area contributed by atoms with Crippen molar-refractivity contribution in [3.63, 3.8) is 0 Å². The van der Waals surface area contributed by atoms with Gasteiger partial charge in [-0.05, 0) is 12.8 Å². The van der Waals surface area contributed by atoms with E-state index in [1.807, 2.05) is 0 Å². The maximum absolute atomic E-state index is 11.9. The molecule has 4 heteroatoms. The molecular weight excluding hydrogens is 542 g/mol. The molecule has 0 aromatic heterocycles. The Morgan fingerprint density at radius 1 is 0.455 bits per heavy atom. The van der Waals surface area contributed by atoms with E-state index in [1.165, 1.54) is 180 Å². The van der Waals surface area contributed by atoms with E-state index in [2.05, 4.69) is 19.2 Å². The second-order valence-electron chi connectivity index (χ2n) is 14.1. The van der Waals surface area contributed by atoms with Crippen LogP contribution >= 0.6 is 0 Å². The van der Waals surface area contributed by atoms with Crippen molar-refractivity contribution in [2.75, 3.05) is 6.61 Å². The lowest BCUT2D eigenvalue weighted by Crippen LogP contribution is -2.45. The van der Waals surface area contributed by atoms with Gasteiger partial charge in [0, 0.05) is 6.42 Å². The van der Waals surface area contributed by atoms with E-state index in [-0.39, 0.29) is 12.5 Å². The third kappa shape index (κ3) is 32.8. The molecule has 1 amide bonds. The summed E-state index contributed by atoms with van der Waals surface area (Å²) in [7, 11) is 0. The van der Waals surface area contributed by atoms with Crippen LogP contribution in [0.5, 0.6) is 0 Å². The molecule has 0 radical (unpaired) electrons. The first kappa shape index (κ1) is 43.4. The smallest absolute Gasteiger partial charge is 0.220 e. The molecule has 0 heterocycles. The van der Waals surface area contributed by atoms with E-state index >= 15 is 0 Å². The van der Waals surface area contributed by atoms with E-state index in [4.69, 9.17) is 0 Å². The highest BCUT2D eigenvalue weighted by atomic mass is 16.3. The predicted molar refractivity (Wildman–Crippen MR) is 193 cm³/mol. The van der Waals surface area contributed by atoms with Crippen molar-refractivity contribution in [3.8, 4) is 0 Å². The van der Waals surface area contributed by atoms with Gasteiger partial charge < -0.3 is 15.5 Å². The first-order valence-electron chi connectivity index (χ1n) is 20.2. The zero-order valence-corrected chi connectivity index (χ0v) is 30.2. The van der Waals surface area contributed by atoms with Crippen molar-refractivity contribution < 1.29 is 15.0 Å². The van der Waals surface area contributed by atoms with Crippen LogP contribution in [0.3, 0.4) is 0 Å². The molecule has 0 saturated heterocycles. The van der Waals surface area contributed by atoms with Gasteiger partial charge in [0.05, 0.1) is 18.8 Å². The summed E-state index contributed by atoms with van der Waals surface area (Å²) in [5.74, 6) is -0.0642. The van der Waals surface area contributed by atoms with Crippen molar-refractivity contribution in [3.05, 3.63) is 0 Å². The summed E-state index contributed by atoms with van der Waals surface area (Å²) in [4.78, 5) is 11.9. The number of aliphatic hydroxyl groups excluding tert-OH is 2. The topological polar surface area (TPSA) is 69.6 Å². The Labute approximate surface area is 276 Å². The predicted octanol–water partition coefficient (Wildman–Crippen LogP) is 12.1. The number of hydrogen-bond donors (Lipinski definition) is 3. The fourth-order valence-corrected chi connectivity index (χ4v) is 6.46. The molecule has 0 fully saturated rings. The van der Waals surface area contributed by atoms with Gasteiger partial charge in [0.1, 0.15) is 0 Å². The number of nitrogens with one attached hydrogen (secondary N) is 1. The normalized spacial score (nSPS) is 12.9. The lowest BCUT2D eigenvalue weighted by Gasteiger charge is -2.22. The monoisotopic (exact) mass is 624 g/mol. The van der Waals surface area contributed by atoms with Crippen LogP contribution in [-0.4, -0.2) is 34.9 Å². The van der Waals surface area contributed by atoms with Crippen LogP contribution in [0.15, 0.2) is 0 Å². The van der Waals surface area contributed by atoms with Gasteiger partial charge in [0.15, 0.2) is 0 Å². The van der Waals surface area contributed by atoms with Crippen LogP contribution in [0.4, 0.5) is 0 Å². The van der Waals surface area contributed by atoms with Crippen LogP contribution in [0.25, 0.3) is 0 Å². The van der Waals surface area contributed by atoms with Crippen molar-refractivity contribution in [1.29, 1.82) is 0 Å². The van der Waals surface area contributed by atoms with Crippen molar-refractivity contribution in [2.24, 2.45) is 0 Å². The zero-order chi connectivity index (χ0) is 32.2. The first-order chi connectivity index (χ1) is 21.7. The number of aliphatic hydroxyl groups is 2. The molecule has 0 aromatic carbocycles. The zero-order valence-electron chi connectivity index (χ0n) is 30.2. The van der Waals surface area contributed by atoms with Crippen LogP contribution in [-0.2, 0) is 4.79 Å². The summed E-state index contributed by atoms with van der Waals surface area (Å²) in [6.07, 6.45) is 44.3. The molecule has 3 N–H and O–H groups in total. The minimum atomic E-state index is -0.649. The first-order valence-corrected chi connectivity index (χ1v) is 20.2. The lowest BCUT2D eigenvalue weighted by atomic mass is 10.0. The number of carbonyl (C=O) groups excluding carboxylic acids is 1. The molecule has 2 unspecified atom stereocenters. The summed E-state index contributed by atoms with van der Waals surface area (Å²) >= 11 is 0. The summed E-state index contributed by atoms with van der Waals surface area (Å²) in [6, 6.07) is -0.525. The van der Waals surface area contributed by atoms with E-state index in [1.54, 1.807) is 0 Å². The summed E-state index contributed by atoms with van der Waals surface area (Å²) in [6.45, 7) is 4.16. The van der Waals surface area contributed by atoms with E-state index in [0.717, 1.165) is 25.7 Å². The number of carbonyl (C=O) groups is 1. The van der Waals surface area contributed by atoms with E-state index in [9.17, 15) is 15.0 Å². The molecule has 0 bridgehead atoms. The van der Waals surface area contributed by atoms with Crippen molar-refractivity contribution in [2.45, 2.75) is 244 Å². The maximum atomic E-state index is 11.9. The van der Waals surface area contributed by atoms with Gasteiger partial charge in [-0.25, -0.2) is 0 Å². The molecule has 0 aliphatic heterocycles. The van der Waals surface area contributed by atoms with Gasteiger partial charge in [-0.2, -0.15) is 0 Å². The molecular formula is C40H81NO3. The minimum absolute atomic E-state index is 0.0642. The molecule has 0 spiro atoms. The Morgan fingerprint density at radius 2 is 0.727 bits per heavy atom. The Balaban J connectivity index is 3.24. The highest BCUT2D eigenvalue weighted by molar-refractivity contribution is 5.76. The fraction of sp³-hybridized carbons (Fsp3) is 0.975. The van der Waals surface area contributed by atoms with Crippen LogP contribution in [0.2, 0.25) is 0 Å². The Bertz CT molecular complexity index is 555. The second kappa shape index (κ2) is 36.9. The Morgan fingerprint density at radius 3 is 1.00 bits per heavy atom. The molecule has 0 aliphatic rings. The van der Waals surface area contributed by atoms with Gasteiger partial charge in [-0.3, -0.25) is 4.79 Å². The summed E-state index contributed by atoms with van der Waals surface area (Å²) < 4.78 is 0. The average molecular weight is 624 g/mol. The molecule has 0 aromatic rings. The third-order valence-electron chi connectivity index (χ3n) is 9.62. The minimum Gasteiger partial charge on any atom is -0.394 e. The van der Waals surface area contributed by atoms with Gasteiger partial charge in [0.2, 0.25) is 5.91 Å². The van der Waals surface area contributed by atoms with Gasteiger partial charge in [-0.1, -0.05) is 213 Å². The SMILES string of the molecule is CCCCCCCCCCCCCCCCCCCCCCCCCCCCCCCCC(O)C(CO)NC(=O)CCCC. The molecule has 0 aliphatic carbocycles. The average Bonchev–Trinajstić information content (AvgIpc) is 3.03. The van der Waals surface area contributed by atoms with Crippen LogP contribution in [0, 0.1) is 0 Å². The Kier molecular flexibility index (Phi) is 36.3. The molecule has 0 rings (SSSR count).